The maximum absolute atomic E-state index is 12.4. The molecular formula is C20H23ClN4O3. The molecule has 1 aliphatic heterocycles. The van der Waals surface area contributed by atoms with E-state index in [1.807, 2.05) is 36.1 Å². The first-order chi connectivity index (χ1) is 13.4. The molecule has 0 bridgehead atoms. The highest BCUT2D eigenvalue weighted by molar-refractivity contribution is 6.30. The van der Waals surface area contributed by atoms with Crippen molar-refractivity contribution in [1.29, 1.82) is 0 Å². The van der Waals surface area contributed by atoms with Crippen LogP contribution in [0.5, 0.6) is 0 Å². The van der Waals surface area contributed by atoms with Crippen molar-refractivity contribution >= 4 is 28.9 Å². The Labute approximate surface area is 169 Å². The normalized spacial score (nSPS) is 15.9. The molecule has 0 radical (unpaired) electrons. The Balaban J connectivity index is 1.51. The number of halogens is 1. The third-order valence-electron chi connectivity index (χ3n) is 4.91. The van der Waals surface area contributed by atoms with Gasteiger partial charge in [-0.1, -0.05) is 35.9 Å². The van der Waals surface area contributed by atoms with E-state index in [4.69, 9.17) is 11.6 Å². The molecule has 7 nitrogen and oxygen atoms in total. The van der Waals surface area contributed by atoms with E-state index in [0.29, 0.717) is 43.4 Å². The number of carbonyl (C=O) groups excluding carboxylic acids is 1. The van der Waals surface area contributed by atoms with Crippen molar-refractivity contribution in [2.45, 2.75) is 13.0 Å². The van der Waals surface area contributed by atoms with Crippen molar-refractivity contribution in [2.24, 2.45) is 0 Å². The summed E-state index contributed by atoms with van der Waals surface area (Å²) in [5, 5.41) is 14.9. The fourth-order valence-corrected chi connectivity index (χ4v) is 3.48. The van der Waals surface area contributed by atoms with Gasteiger partial charge in [-0.25, -0.2) is 0 Å². The Hall–Kier alpha value is -2.64. The highest BCUT2D eigenvalue weighted by atomic mass is 35.5. The van der Waals surface area contributed by atoms with Gasteiger partial charge in [-0.05, 0) is 30.7 Å². The lowest BCUT2D eigenvalue weighted by atomic mass is 10.1. The fraction of sp³-hybridized carbons (Fsp3) is 0.350. The number of piperazine rings is 1. The minimum atomic E-state index is -0.354. The zero-order valence-electron chi connectivity index (χ0n) is 15.7. The standard InChI is InChI=1S/C20H23ClN4O3/c1-15(16-6-8-17(21)9-7-16)22-20(26)14-23-10-12-24(13-11-23)18-4-2-3-5-19(18)25(27)28/h2-9,15H,10-14H2,1H3,(H,22,26)/t15-/m0/s1. The van der Waals surface area contributed by atoms with Crippen molar-refractivity contribution in [2.75, 3.05) is 37.6 Å². The average molecular weight is 403 g/mol. The smallest absolute Gasteiger partial charge is 0.292 e. The van der Waals surface area contributed by atoms with Crippen LogP contribution in [0.3, 0.4) is 0 Å². The van der Waals surface area contributed by atoms with E-state index >= 15 is 0 Å². The Bertz CT molecular complexity index is 836. The van der Waals surface area contributed by atoms with Gasteiger partial charge < -0.3 is 10.2 Å². The summed E-state index contributed by atoms with van der Waals surface area (Å²) in [6, 6.07) is 14.1. The number of hydrogen-bond acceptors (Lipinski definition) is 5. The molecule has 2 aromatic rings. The Morgan fingerprint density at radius 3 is 2.43 bits per heavy atom. The second kappa shape index (κ2) is 9.03. The van der Waals surface area contributed by atoms with Gasteiger partial charge in [-0.3, -0.25) is 19.8 Å². The lowest BCUT2D eigenvalue weighted by molar-refractivity contribution is -0.384. The zero-order valence-corrected chi connectivity index (χ0v) is 16.4. The molecule has 1 aliphatic rings. The third kappa shape index (κ3) is 4.99. The van der Waals surface area contributed by atoms with Crippen molar-refractivity contribution in [3.8, 4) is 0 Å². The quantitative estimate of drug-likeness (QED) is 0.592. The molecule has 1 atom stereocenters. The van der Waals surface area contributed by atoms with Crippen LogP contribution in [0.2, 0.25) is 5.02 Å². The summed E-state index contributed by atoms with van der Waals surface area (Å²) in [7, 11) is 0. The number of amides is 1. The topological polar surface area (TPSA) is 78.7 Å². The number of rotatable bonds is 6. The number of anilines is 1. The number of benzene rings is 2. The molecule has 8 heteroatoms. The number of nitrogens with one attached hydrogen (secondary N) is 1. The van der Waals surface area contributed by atoms with Gasteiger partial charge in [-0.2, -0.15) is 0 Å². The molecule has 0 unspecified atom stereocenters. The van der Waals surface area contributed by atoms with Gasteiger partial charge in [0.05, 0.1) is 17.5 Å². The van der Waals surface area contributed by atoms with Crippen LogP contribution in [0.1, 0.15) is 18.5 Å². The van der Waals surface area contributed by atoms with E-state index in [1.54, 1.807) is 18.2 Å². The van der Waals surface area contributed by atoms with Crippen LogP contribution in [0, 0.1) is 10.1 Å². The van der Waals surface area contributed by atoms with E-state index in [1.165, 1.54) is 6.07 Å². The Morgan fingerprint density at radius 1 is 1.14 bits per heavy atom. The molecule has 1 N–H and O–H groups in total. The molecule has 1 fully saturated rings. The highest BCUT2D eigenvalue weighted by Crippen LogP contribution is 2.28. The maximum atomic E-state index is 12.4. The molecule has 0 aromatic heterocycles. The minimum absolute atomic E-state index is 0.0402. The van der Waals surface area contributed by atoms with E-state index in [2.05, 4.69) is 10.2 Å². The van der Waals surface area contributed by atoms with Crippen molar-refractivity contribution in [3.63, 3.8) is 0 Å². The summed E-state index contributed by atoms with van der Waals surface area (Å²) >= 11 is 5.90. The number of para-hydroxylation sites is 2. The maximum Gasteiger partial charge on any atom is 0.292 e. The molecule has 2 aromatic carbocycles. The molecule has 148 valence electrons. The number of nitro benzene ring substituents is 1. The zero-order chi connectivity index (χ0) is 20.1. The molecule has 1 amide bonds. The minimum Gasteiger partial charge on any atom is -0.363 e. The largest absolute Gasteiger partial charge is 0.363 e. The molecule has 0 saturated carbocycles. The first kappa shape index (κ1) is 20.1. The molecule has 1 saturated heterocycles. The lowest BCUT2D eigenvalue weighted by Crippen LogP contribution is -2.49. The van der Waals surface area contributed by atoms with Crippen LogP contribution in [0.15, 0.2) is 48.5 Å². The first-order valence-corrected chi connectivity index (χ1v) is 9.57. The van der Waals surface area contributed by atoms with E-state index in [9.17, 15) is 14.9 Å². The average Bonchev–Trinajstić information content (AvgIpc) is 2.69. The molecule has 3 rings (SSSR count). The van der Waals surface area contributed by atoms with Crippen LogP contribution in [0.4, 0.5) is 11.4 Å². The Morgan fingerprint density at radius 2 is 1.79 bits per heavy atom. The van der Waals surface area contributed by atoms with Crippen LogP contribution < -0.4 is 10.2 Å². The second-order valence-corrected chi connectivity index (χ2v) is 7.29. The summed E-state index contributed by atoms with van der Waals surface area (Å²) in [6.45, 7) is 4.88. The third-order valence-corrected chi connectivity index (χ3v) is 5.16. The van der Waals surface area contributed by atoms with Crippen molar-refractivity contribution in [3.05, 3.63) is 69.2 Å². The molecular weight excluding hydrogens is 380 g/mol. The van der Waals surface area contributed by atoms with Gasteiger partial charge in [0.25, 0.3) is 5.69 Å². The molecule has 0 aliphatic carbocycles. The van der Waals surface area contributed by atoms with E-state index in [-0.39, 0.29) is 22.6 Å². The molecule has 1 heterocycles. The fourth-order valence-electron chi connectivity index (χ4n) is 3.36. The van der Waals surface area contributed by atoms with Gasteiger partial charge in [0.2, 0.25) is 5.91 Å². The van der Waals surface area contributed by atoms with E-state index in [0.717, 1.165) is 5.56 Å². The first-order valence-electron chi connectivity index (χ1n) is 9.19. The summed E-state index contributed by atoms with van der Waals surface area (Å²) in [5.41, 5.74) is 1.75. The van der Waals surface area contributed by atoms with Gasteiger partial charge in [-0.15, -0.1) is 0 Å². The van der Waals surface area contributed by atoms with Gasteiger partial charge in [0, 0.05) is 37.3 Å². The Kier molecular flexibility index (Phi) is 6.49. The second-order valence-electron chi connectivity index (χ2n) is 6.85. The number of carbonyl (C=O) groups is 1. The summed E-state index contributed by atoms with van der Waals surface area (Å²) < 4.78 is 0. The number of hydrogen-bond donors (Lipinski definition) is 1. The van der Waals surface area contributed by atoms with E-state index < -0.39 is 0 Å². The van der Waals surface area contributed by atoms with Crippen LogP contribution >= 0.6 is 11.6 Å². The predicted octanol–water partition coefficient (Wildman–Crippen LogP) is 3.25. The molecule has 28 heavy (non-hydrogen) atoms. The lowest BCUT2D eigenvalue weighted by Gasteiger charge is -2.35. The highest BCUT2D eigenvalue weighted by Gasteiger charge is 2.24. The molecule has 0 spiro atoms. The van der Waals surface area contributed by atoms with Gasteiger partial charge in [0.1, 0.15) is 5.69 Å². The number of nitro groups is 1. The van der Waals surface area contributed by atoms with Gasteiger partial charge in [0.15, 0.2) is 0 Å². The number of nitrogens with zero attached hydrogens (tertiary/aromatic N) is 3. The monoisotopic (exact) mass is 402 g/mol. The summed E-state index contributed by atoms with van der Waals surface area (Å²) in [6.07, 6.45) is 0. The van der Waals surface area contributed by atoms with Crippen LogP contribution in [-0.4, -0.2) is 48.5 Å². The van der Waals surface area contributed by atoms with Crippen molar-refractivity contribution < 1.29 is 9.72 Å². The van der Waals surface area contributed by atoms with Crippen LogP contribution in [-0.2, 0) is 4.79 Å². The predicted molar refractivity (Wildman–Crippen MR) is 110 cm³/mol. The van der Waals surface area contributed by atoms with Crippen molar-refractivity contribution in [1.82, 2.24) is 10.2 Å². The van der Waals surface area contributed by atoms with Crippen LogP contribution in [0.25, 0.3) is 0 Å². The SMILES string of the molecule is C[C@H](NC(=O)CN1CCN(c2ccccc2[N+](=O)[O-])CC1)c1ccc(Cl)cc1. The summed E-state index contributed by atoms with van der Waals surface area (Å²) in [5.74, 6) is -0.0402. The summed E-state index contributed by atoms with van der Waals surface area (Å²) in [4.78, 5) is 27.3. The van der Waals surface area contributed by atoms with Gasteiger partial charge >= 0.3 is 0 Å².